The Morgan fingerprint density at radius 3 is 1.85 bits per heavy atom. The number of rotatable bonds is 7. The van der Waals surface area contributed by atoms with Gasteiger partial charge in [0.15, 0.2) is 0 Å². The number of alkyl halides is 1. The van der Waals surface area contributed by atoms with Gasteiger partial charge in [-0.3, -0.25) is 4.79 Å². The molecule has 3 unspecified atom stereocenters. The molecule has 0 saturated heterocycles. The summed E-state index contributed by atoms with van der Waals surface area (Å²) in [5, 5.41) is 3.25. The van der Waals surface area contributed by atoms with E-state index in [1.54, 1.807) is 0 Å². The first kappa shape index (κ1) is 20.2. The van der Waals surface area contributed by atoms with Crippen LogP contribution in [0.4, 0.5) is 0 Å². The first-order chi connectivity index (χ1) is 8.81. The molecule has 120 valence electrons. The zero-order valence-corrected chi connectivity index (χ0v) is 17.0. The molecule has 1 N–H and O–H groups in total. The Bertz CT molecular complexity index is 321. The van der Waals surface area contributed by atoms with E-state index in [1.165, 1.54) is 0 Å². The molecule has 3 atom stereocenters. The van der Waals surface area contributed by atoms with Crippen LogP contribution in [0.5, 0.6) is 0 Å². The molecule has 0 fully saturated rings. The second kappa shape index (κ2) is 7.46. The van der Waals surface area contributed by atoms with E-state index in [0.29, 0.717) is 15.8 Å². The highest BCUT2D eigenvalue weighted by Crippen LogP contribution is 2.34. The molecule has 0 aromatic rings. The Balaban J connectivity index is 4.69. The second-order valence-corrected chi connectivity index (χ2v) is 9.89. The number of hydrogen-bond donors (Lipinski definition) is 1. The minimum absolute atomic E-state index is 0.0587. The lowest BCUT2D eigenvalue weighted by Gasteiger charge is -2.37. The molecule has 1 amide bonds. The zero-order chi connectivity index (χ0) is 16.3. The van der Waals surface area contributed by atoms with E-state index in [-0.39, 0.29) is 22.8 Å². The lowest BCUT2D eigenvalue weighted by Crippen LogP contribution is -2.52. The van der Waals surface area contributed by atoms with Gasteiger partial charge in [0.1, 0.15) is 0 Å². The van der Waals surface area contributed by atoms with Crippen LogP contribution in [0.25, 0.3) is 0 Å². The average molecular weight is 395 g/mol. The van der Waals surface area contributed by atoms with Crippen molar-refractivity contribution in [2.24, 2.45) is 23.2 Å². The van der Waals surface area contributed by atoms with Crippen LogP contribution in [0.3, 0.4) is 0 Å². The van der Waals surface area contributed by atoms with Crippen LogP contribution in [0.1, 0.15) is 68.7 Å². The van der Waals surface area contributed by atoms with Gasteiger partial charge in [0.05, 0.1) is 0 Å². The lowest BCUT2D eigenvalue weighted by molar-refractivity contribution is -0.127. The minimum atomic E-state index is -0.159. The number of hydrogen-bond acceptors (Lipinski definition) is 1. The van der Waals surface area contributed by atoms with Gasteiger partial charge in [-0.25, -0.2) is 0 Å². The molecule has 0 spiro atoms. The molecule has 0 rings (SSSR count). The van der Waals surface area contributed by atoms with E-state index in [2.05, 4.69) is 83.3 Å². The van der Waals surface area contributed by atoms with Gasteiger partial charge >= 0.3 is 0 Å². The van der Waals surface area contributed by atoms with Crippen molar-refractivity contribution in [1.82, 2.24) is 5.32 Å². The molecule has 0 radical (unpaired) electrons. The summed E-state index contributed by atoms with van der Waals surface area (Å²) in [7, 11) is 0. The molecule has 0 saturated carbocycles. The molecule has 0 aromatic heterocycles. The Kier molecular flexibility index (Phi) is 7.53. The van der Waals surface area contributed by atoms with E-state index in [0.717, 1.165) is 6.42 Å². The first-order valence-corrected chi connectivity index (χ1v) is 9.02. The van der Waals surface area contributed by atoms with Crippen molar-refractivity contribution in [1.29, 1.82) is 0 Å². The molecule has 0 heterocycles. The monoisotopic (exact) mass is 395 g/mol. The summed E-state index contributed by atoms with van der Waals surface area (Å²) < 4.78 is 0.533. The van der Waals surface area contributed by atoms with Gasteiger partial charge in [-0.1, -0.05) is 71.1 Å². The normalized spacial score (nSPS) is 17.8. The van der Waals surface area contributed by atoms with Gasteiger partial charge < -0.3 is 5.32 Å². The van der Waals surface area contributed by atoms with Gasteiger partial charge in [-0.05, 0) is 37.5 Å². The maximum absolute atomic E-state index is 12.5. The topological polar surface area (TPSA) is 29.1 Å². The fourth-order valence-electron chi connectivity index (χ4n) is 2.25. The van der Waals surface area contributed by atoms with E-state index >= 15 is 0 Å². The van der Waals surface area contributed by atoms with Crippen molar-refractivity contribution < 1.29 is 4.79 Å². The highest BCUT2D eigenvalue weighted by Gasteiger charge is 2.33. The van der Waals surface area contributed by atoms with Crippen molar-refractivity contribution in [3.63, 3.8) is 0 Å². The second-order valence-electron chi connectivity index (χ2n) is 7.93. The maximum atomic E-state index is 12.5. The SMILES string of the molecule is CC(CC(C)(C)C(C)C)C(=O)NC(C)(C)C(C)C(C)I. The van der Waals surface area contributed by atoms with Crippen molar-refractivity contribution in [3.8, 4) is 0 Å². The number of carbonyl (C=O) groups is 1. The van der Waals surface area contributed by atoms with Crippen LogP contribution in [0.15, 0.2) is 0 Å². The van der Waals surface area contributed by atoms with Crippen molar-refractivity contribution in [2.45, 2.75) is 78.2 Å². The summed E-state index contributed by atoms with van der Waals surface area (Å²) in [5.41, 5.74) is 0.0387. The third-order valence-electron chi connectivity index (χ3n) is 5.12. The average Bonchev–Trinajstić information content (AvgIpc) is 2.26. The van der Waals surface area contributed by atoms with Gasteiger partial charge in [0, 0.05) is 15.4 Å². The van der Waals surface area contributed by atoms with E-state index in [1.807, 2.05) is 6.92 Å². The molecule has 0 aliphatic heterocycles. The summed E-state index contributed by atoms with van der Waals surface area (Å²) in [4.78, 5) is 12.5. The maximum Gasteiger partial charge on any atom is 0.223 e. The number of carbonyl (C=O) groups excluding carboxylic acids is 1. The Morgan fingerprint density at radius 1 is 1.05 bits per heavy atom. The molecule has 0 aliphatic carbocycles. The van der Waals surface area contributed by atoms with Gasteiger partial charge in [0.2, 0.25) is 5.91 Å². The van der Waals surface area contributed by atoms with Crippen LogP contribution < -0.4 is 5.32 Å². The Labute approximate surface area is 140 Å². The predicted octanol–water partition coefficient (Wildman–Crippen LogP) is 5.05. The van der Waals surface area contributed by atoms with Crippen molar-refractivity contribution in [3.05, 3.63) is 0 Å². The van der Waals surface area contributed by atoms with Crippen LogP contribution in [0.2, 0.25) is 0 Å². The van der Waals surface area contributed by atoms with Gasteiger partial charge in [-0.2, -0.15) is 0 Å². The largest absolute Gasteiger partial charge is 0.351 e. The zero-order valence-electron chi connectivity index (χ0n) is 14.8. The van der Waals surface area contributed by atoms with E-state index in [4.69, 9.17) is 0 Å². The van der Waals surface area contributed by atoms with Gasteiger partial charge in [0.25, 0.3) is 0 Å². The smallest absolute Gasteiger partial charge is 0.223 e. The number of amides is 1. The highest BCUT2D eigenvalue weighted by atomic mass is 127. The van der Waals surface area contributed by atoms with E-state index in [9.17, 15) is 4.79 Å². The lowest BCUT2D eigenvalue weighted by atomic mass is 9.74. The fraction of sp³-hybridized carbons (Fsp3) is 0.941. The number of nitrogens with one attached hydrogen (secondary N) is 1. The van der Waals surface area contributed by atoms with E-state index < -0.39 is 0 Å². The van der Waals surface area contributed by atoms with Crippen LogP contribution in [-0.4, -0.2) is 15.4 Å². The molecule has 0 aromatic carbocycles. The molecular weight excluding hydrogens is 361 g/mol. The summed E-state index contributed by atoms with van der Waals surface area (Å²) in [5.74, 6) is 1.27. The highest BCUT2D eigenvalue weighted by molar-refractivity contribution is 14.1. The van der Waals surface area contributed by atoms with Crippen LogP contribution >= 0.6 is 22.6 Å². The summed E-state index contributed by atoms with van der Waals surface area (Å²) in [6.07, 6.45) is 0.931. The summed E-state index contributed by atoms with van der Waals surface area (Å²) in [6, 6.07) is 0. The standard InChI is InChI=1S/C17H34INO/c1-11(2)16(6,7)10-12(3)15(20)19-17(8,9)13(4)14(5)18/h11-14H,10H2,1-9H3,(H,19,20). The predicted molar refractivity (Wildman–Crippen MR) is 97.3 cm³/mol. The Hall–Kier alpha value is 0.200. The quantitative estimate of drug-likeness (QED) is 0.474. The van der Waals surface area contributed by atoms with Crippen LogP contribution in [0, 0.1) is 23.2 Å². The molecular formula is C17H34INO. The molecule has 20 heavy (non-hydrogen) atoms. The minimum Gasteiger partial charge on any atom is -0.351 e. The fourth-order valence-corrected chi connectivity index (χ4v) is 3.15. The molecule has 0 aliphatic rings. The Morgan fingerprint density at radius 2 is 1.50 bits per heavy atom. The summed E-state index contributed by atoms with van der Waals surface area (Å²) >= 11 is 2.44. The first-order valence-electron chi connectivity index (χ1n) is 7.77. The third-order valence-corrected chi connectivity index (χ3v) is 6.19. The summed E-state index contributed by atoms with van der Waals surface area (Å²) in [6.45, 7) is 19.7. The molecule has 2 nitrogen and oxygen atoms in total. The van der Waals surface area contributed by atoms with Crippen molar-refractivity contribution in [2.75, 3.05) is 0 Å². The van der Waals surface area contributed by atoms with Crippen molar-refractivity contribution >= 4 is 28.5 Å². The van der Waals surface area contributed by atoms with Gasteiger partial charge in [-0.15, -0.1) is 0 Å². The third kappa shape index (κ3) is 5.90. The van der Waals surface area contributed by atoms with Crippen LogP contribution in [-0.2, 0) is 4.79 Å². The molecule has 3 heteroatoms. The molecule has 0 bridgehead atoms. The number of halogens is 1.